The number of methoxy groups -OCH3 is 1. The molecule has 1 atom stereocenters. The van der Waals surface area contributed by atoms with Crippen LogP contribution in [0.3, 0.4) is 0 Å². The van der Waals surface area contributed by atoms with E-state index >= 15 is 0 Å². The number of nitrogens with one attached hydrogen (secondary N) is 2. The Kier molecular flexibility index (Phi) is 6.49. The monoisotopic (exact) mass is 424 g/mol. The third-order valence-electron chi connectivity index (χ3n) is 5.70. The first-order valence-corrected chi connectivity index (χ1v) is 10.7. The van der Waals surface area contributed by atoms with Crippen molar-refractivity contribution in [2.75, 3.05) is 55.0 Å². The average Bonchev–Trinajstić information content (AvgIpc) is 3.47. The summed E-state index contributed by atoms with van der Waals surface area (Å²) < 4.78 is 5.23. The topological polar surface area (TPSA) is 99.7 Å². The van der Waals surface area contributed by atoms with E-state index in [1.165, 1.54) is 12.8 Å². The molecule has 4 rings (SSSR count). The third kappa shape index (κ3) is 5.04. The van der Waals surface area contributed by atoms with Gasteiger partial charge in [-0.3, -0.25) is 9.59 Å². The van der Waals surface area contributed by atoms with Crippen molar-refractivity contribution in [1.82, 2.24) is 15.5 Å². The van der Waals surface area contributed by atoms with E-state index in [1.54, 1.807) is 24.3 Å². The molecule has 0 spiro atoms. The average molecular weight is 425 g/mol. The van der Waals surface area contributed by atoms with Gasteiger partial charge in [-0.1, -0.05) is 6.07 Å². The molecule has 1 aromatic heterocycles. The minimum Gasteiger partial charge on any atom is -0.497 e. The van der Waals surface area contributed by atoms with Crippen molar-refractivity contribution in [3.05, 3.63) is 36.5 Å². The summed E-state index contributed by atoms with van der Waals surface area (Å²) in [6.07, 6.45) is 4.40. The number of benzene rings is 1. The number of carbonyl (C=O) groups excluding carboxylic acids is 2. The van der Waals surface area contributed by atoms with Crippen LogP contribution in [0.25, 0.3) is 0 Å². The molecular formula is C22H28N6O3. The molecule has 2 saturated heterocycles. The maximum atomic E-state index is 12.6. The lowest BCUT2D eigenvalue weighted by atomic mass is 10.1. The number of hydrogen-bond acceptors (Lipinski definition) is 7. The normalized spacial score (nSPS) is 18.4. The molecule has 9 heteroatoms. The number of ether oxygens (including phenoxy) is 1. The van der Waals surface area contributed by atoms with Crippen molar-refractivity contribution >= 4 is 29.0 Å². The number of nitrogens with zero attached hydrogens (tertiary/aromatic N) is 4. The second-order valence-corrected chi connectivity index (χ2v) is 7.82. The van der Waals surface area contributed by atoms with E-state index in [0.717, 1.165) is 24.5 Å². The molecule has 3 heterocycles. The Bertz CT molecular complexity index is 931. The minimum absolute atomic E-state index is 0.0551. The number of amides is 2. The molecule has 1 unspecified atom stereocenters. The van der Waals surface area contributed by atoms with Crippen LogP contribution in [0.1, 0.15) is 19.3 Å². The predicted molar refractivity (Wildman–Crippen MR) is 118 cm³/mol. The molecule has 164 valence electrons. The standard InChI is InChI=1S/C22H28N6O3/c1-31-19-6-4-5-17(12-19)28-15-16(11-21(28)29)22(30)24-8-7-23-20-13-18(14-25-26-20)27-9-2-3-10-27/h4-6,12-14,16H,2-3,7-11,15H2,1H3,(H,23,26)(H,24,30). The highest BCUT2D eigenvalue weighted by Crippen LogP contribution is 2.28. The van der Waals surface area contributed by atoms with E-state index in [-0.39, 0.29) is 24.2 Å². The van der Waals surface area contributed by atoms with E-state index < -0.39 is 0 Å². The first-order chi connectivity index (χ1) is 15.1. The van der Waals surface area contributed by atoms with Gasteiger partial charge in [-0.2, -0.15) is 5.10 Å². The number of carbonyl (C=O) groups is 2. The number of aromatic nitrogens is 2. The van der Waals surface area contributed by atoms with Gasteiger partial charge >= 0.3 is 0 Å². The highest BCUT2D eigenvalue weighted by Gasteiger charge is 2.35. The first-order valence-electron chi connectivity index (χ1n) is 10.7. The van der Waals surface area contributed by atoms with Gasteiger partial charge in [0.15, 0.2) is 5.82 Å². The Hall–Kier alpha value is -3.36. The van der Waals surface area contributed by atoms with E-state index in [2.05, 4.69) is 25.7 Å². The van der Waals surface area contributed by atoms with Crippen LogP contribution in [0.5, 0.6) is 5.75 Å². The second kappa shape index (κ2) is 9.63. The Morgan fingerprint density at radius 3 is 2.84 bits per heavy atom. The van der Waals surface area contributed by atoms with Gasteiger partial charge in [0.2, 0.25) is 11.8 Å². The van der Waals surface area contributed by atoms with Crippen molar-refractivity contribution < 1.29 is 14.3 Å². The second-order valence-electron chi connectivity index (χ2n) is 7.82. The summed E-state index contributed by atoms with van der Waals surface area (Å²) >= 11 is 0. The Labute approximate surface area is 181 Å². The lowest BCUT2D eigenvalue weighted by Crippen LogP contribution is -2.35. The highest BCUT2D eigenvalue weighted by atomic mass is 16.5. The summed E-state index contributed by atoms with van der Waals surface area (Å²) in [7, 11) is 1.59. The van der Waals surface area contributed by atoms with Crippen LogP contribution in [0.4, 0.5) is 17.2 Å². The molecule has 0 saturated carbocycles. The molecule has 2 aliphatic rings. The fourth-order valence-corrected chi connectivity index (χ4v) is 4.02. The van der Waals surface area contributed by atoms with E-state index in [0.29, 0.717) is 31.2 Å². The summed E-state index contributed by atoms with van der Waals surface area (Å²) in [5, 5.41) is 14.3. The van der Waals surface area contributed by atoms with Gasteiger partial charge < -0.3 is 25.2 Å². The van der Waals surface area contributed by atoms with Gasteiger partial charge in [-0.25, -0.2) is 0 Å². The molecule has 0 aliphatic carbocycles. The van der Waals surface area contributed by atoms with Gasteiger partial charge in [0.05, 0.1) is 24.9 Å². The summed E-state index contributed by atoms with van der Waals surface area (Å²) in [6.45, 7) is 3.44. The largest absolute Gasteiger partial charge is 0.497 e. The SMILES string of the molecule is COc1cccc(N2CC(C(=O)NCCNc3cc(N4CCCC4)cnn3)CC2=O)c1. The molecule has 2 aromatic rings. The number of hydrogen-bond donors (Lipinski definition) is 2. The fourth-order valence-electron chi connectivity index (χ4n) is 4.02. The molecule has 0 bridgehead atoms. The van der Waals surface area contributed by atoms with Gasteiger partial charge in [-0.05, 0) is 25.0 Å². The molecule has 2 aliphatic heterocycles. The molecular weight excluding hydrogens is 396 g/mol. The maximum Gasteiger partial charge on any atom is 0.227 e. The predicted octanol–water partition coefficient (Wildman–Crippen LogP) is 1.67. The molecule has 2 N–H and O–H groups in total. The molecule has 2 amide bonds. The van der Waals surface area contributed by atoms with Crippen molar-refractivity contribution in [2.24, 2.45) is 5.92 Å². The zero-order chi connectivity index (χ0) is 21.6. The summed E-state index contributed by atoms with van der Waals surface area (Å²) in [5.74, 6) is 0.843. The quantitative estimate of drug-likeness (QED) is 0.622. The van der Waals surface area contributed by atoms with E-state index in [9.17, 15) is 9.59 Å². The third-order valence-corrected chi connectivity index (χ3v) is 5.70. The van der Waals surface area contributed by atoms with Crippen LogP contribution < -0.4 is 25.2 Å². The van der Waals surface area contributed by atoms with Crippen LogP contribution in [-0.4, -0.2) is 61.8 Å². The van der Waals surface area contributed by atoms with Crippen LogP contribution in [0.2, 0.25) is 0 Å². The highest BCUT2D eigenvalue weighted by molar-refractivity contribution is 6.00. The van der Waals surface area contributed by atoms with Crippen molar-refractivity contribution in [2.45, 2.75) is 19.3 Å². The van der Waals surface area contributed by atoms with Crippen LogP contribution in [0.15, 0.2) is 36.5 Å². The van der Waals surface area contributed by atoms with E-state index in [4.69, 9.17) is 4.74 Å². The van der Waals surface area contributed by atoms with Crippen molar-refractivity contribution in [1.29, 1.82) is 0 Å². The van der Waals surface area contributed by atoms with Crippen LogP contribution >= 0.6 is 0 Å². The molecule has 1 aromatic carbocycles. The summed E-state index contributed by atoms with van der Waals surface area (Å²) in [5.41, 5.74) is 1.82. The zero-order valence-corrected chi connectivity index (χ0v) is 17.7. The molecule has 31 heavy (non-hydrogen) atoms. The van der Waals surface area contributed by atoms with Gasteiger partial charge in [0.25, 0.3) is 0 Å². The smallest absolute Gasteiger partial charge is 0.227 e. The minimum atomic E-state index is -0.364. The van der Waals surface area contributed by atoms with Gasteiger partial charge in [0, 0.05) is 57.0 Å². The lowest BCUT2D eigenvalue weighted by Gasteiger charge is -2.18. The molecule has 9 nitrogen and oxygen atoms in total. The lowest BCUT2D eigenvalue weighted by molar-refractivity contribution is -0.126. The maximum absolute atomic E-state index is 12.6. The number of rotatable bonds is 8. The molecule has 0 radical (unpaired) electrons. The zero-order valence-electron chi connectivity index (χ0n) is 17.7. The van der Waals surface area contributed by atoms with Gasteiger partial charge in [-0.15, -0.1) is 5.10 Å². The Balaban J connectivity index is 1.24. The van der Waals surface area contributed by atoms with Crippen LogP contribution in [-0.2, 0) is 9.59 Å². The summed E-state index contributed by atoms with van der Waals surface area (Å²) in [6, 6.07) is 9.30. The molecule has 2 fully saturated rings. The Morgan fingerprint density at radius 2 is 2.03 bits per heavy atom. The van der Waals surface area contributed by atoms with Crippen LogP contribution in [0, 0.1) is 5.92 Å². The summed E-state index contributed by atoms with van der Waals surface area (Å²) in [4.78, 5) is 28.9. The fraction of sp³-hybridized carbons (Fsp3) is 0.455. The van der Waals surface area contributed by atoms with Crippen molar-refractivity contribution in [3.8, 4) is 5.75 Å². The first kappa shape index (κ1) is 20.9. The van der Waals surface area contributed by atoms with Crippen molar-refractivity contribution in [3.63, 3.8) is 0 Å². The van der Waals surface area contributed by atoms with E-state index in [1.807, 2.05) is 24.3 Å². The van der Waals surface area contributed by atoms with Gasteiger partial charge in [0.1, 0.15) is 5.75 Å². The Morgan fingerprint density at radius 1 is 1.19 bits per heavy atom. The number of anilines is 3.